The molecular weight excluding hydrogens is 418 g/mol. The van der Waals surface area contributed by atoms with Gasteiger partial charge < -0.3 is 25.4 Å². The van der Waals surface area contributed by atoms with Crippen LogP contribution in [0.5, 0.6) is 11.5 Å². The zero-order valence-corrected chi connectivity index (χ0v) is 17.8. The fourth-order valence-corrected chi connectivity index (χ4v) is 3.86. The third kappa shape index (κ3) is 4.77. The largest absolute Gasteiger partial charge is 0.490 e. The molecule has 1 atom stereocenters. The number of ether oxygens (including phenoxy) is 2. The molecule has 2 aromatic rings. The number of amides is 3. The van der Waals surface area contributed by atoms with Crippen molar-refractivity contribution in [2.24, 2.45) is 0 Å². The monoisotopic (exact) mass is 441 g/mol. The molecule has 0 saturated heterocycles. The summed E-state index contributed by atoms with van der Waals surface area (Å²) in [6.07, 6.45) is 3.27. The van der Waals surface area contributed by atoms with E-state index in [1.165, 1.54) is 0 Å². The van der Waals surface area contributed by atoms with E-state index in [4.69, 9.17) is 9.47 Å². The minimum atomic E-state index is -0.591. The Balaban J connectivity index is 1.51. The maximum Gasteiger partial charge on any atom is 0.255 e. The number of thioether (sulfide) groups is 1. The molecule has 0 saturated carbocycles. The highest BCUT2D eigenvalue weighted by Crippen LogP contribution is 2.31. The zero-order valence-electron chi connectivity index (χ0n) is 17.0. The summed E-state index contributed by atoms with van der Waals surface area (Å²) in [5.74, 6) is 0.960. The maximum absolute atomic E-state index is 12.7. The third-order valence-corrected chi connectivity index (χ3v) is 5.67. The van der Waals surface area contributed by atoms with Crippen molar-refractivity contribution >= 4 is 40.9 Å². The van der Waals surface area contributed by atoms with E-state index in [0.717, 1.165) is 12.2 Å². The van der Waals surface area contributed by atoms with Gasteiger partial charge in [0.25, 0.3) is 11.8 Å². The number of carbonyl (C=O) groups excluding carboxylic acids is 3. The van der Waals surface area contributed by atoms with Gasteiger partial charge >= 0.3 is 0 Å². The topological polar surface area (TPSA) is 106 Å². The van der Waals surface area contributed by atoms with Crippen molar-refractivity contribution in [2.45, 2.75) is 18.9 Å². The molecule has 0 aliphatic carbocycles. The van der Waals surface area contributed by atoms with Gasteiger partial charge in [-0.25, -0.2) is 0 Å². The summed E-state index contributed by atoms with van der Waals surface area (Å²) in [5, 5.41) is 8.35. The van der Waals surface area contributed by atoms with Crippen LogP contribution in [0.2, 0.25) is 0 Å². The van der Waals surface area contributed by atoms with Gasteiger partial charge in [0, 0.05) is 17.7 Å². The molecule has 0 radical (unpaired) electrons. The van der Waals surface area contributed by atoms with E-state index in [2.05, 4.69) is 16.0 Å². The standard InChI is InChI=1S/C22H23N3O5S/c1-31-10-7-17-22(28)24-16-5-4-14(12-15(16)21(27)25-17)23-20(26)13-3-6-18-19(11-13)30-9-2-8-29-18/h3-6,11-12,17H,2,7-10H2,1H3,(H,23,26)(H,24,28)(H,25,27)/t17-/m1/s1. The van der Waals surface area contributed by atoms with E-state index >= 15 is 0 Å². The second kappa shape index (κ2) is 9.30. The molecule has 31 heavy (non-hydrogen) atoms. The molecule has 9 heteroatoms. The van der Waals surface area contributed by atoms with E-state index in [0.29, 0.717) is 53.6 Å². The van der Waals surface area contributed by atoms with Crippen LogP contribution in [0.1, 0.15) is 33.6 Å². The first-order valence-corrected chi connectivity index (χ1v) is 11.4. The van der Waals surface area contributed by atoms with E-state index in [-0.39, 0.29) is 17.7 Å². The first-order chi connectivity index (χ1) is 15.0. The van der Waals surface area contributed by atoms with E-state index in [1.54, 1.807) is 48.2 Å². The zero-order chi connectivity index (χ0) is 21.8. The lowest BCUT2D eigenvalue weighted by Gasteiger charge is -2.13. The Labute approximate surface area is 184 Å². The number of nitrogens with one attached hydrogen (secondary N) is 3. The number of rotatable bonds is 5. The van der Waals surface area contributed by atoms with Gasteiger partial charge in [-0.1, -0.05) is 0 Å². The molecule has 0 fully saturated rings. The Morgan fingerprint density at radius 1 is 1.13 bits per heavy atom. The van der Waals surface area contributed by atoms with Crippen LogP contribution in [-0.4, -0.2) is 49.0 Å². The first kappa shape index (κ1) is 21.0. The predicted molar refractivity (Wildman–Crippen MR) is 119 cm³/mol. The van der Waals surface area contributed by atoms with Crippen molar-refractivity contribution in [2.75, 3.05) is 35.9 Å². The van der Waals surface area contributed by atoms with Crippen molar-refractivity contribution in [3.8, 4) is 11.5 Å². The smallest absolute Gasteiger partial charge is 0.255 e. The lowest BCUT2D eigenvalue weighted by molar-refractivity contribution is -0.117. The van der Waals surface area contributed by atoms with Crippen molar-refractivity contribution in [1.82, 2.24) is 5.32 Å². The van der Waals surface area contributed by atoms with Crippen LogP contribution in [0.3, 0.4) is 0 Å². The summed E-state index contributed by atoms with van der Waals surface area (Å²) in [6, 6.07) is 9.25. The highest BCUT2D eigenvalue weighted by atomic mass is 32.2. The summed E-state index contributed by atoms with van der Waals surface area (Å²) >= 11 is 1.61. The van der Waals surface area contributed by atoms with Crippen LogP contribution < -0.4 is 25.4 Å². The van der Waals surface area contributed by atoms with Crippen molar-refractivity contribution in [3.05, 3.63) is 47.5 Å². The predicted octanol–water partition coefficient (Wildman–Crippen LogP) is 2.90. The molecule has 2 aliphatic rings. The van der Waals surface area contributed by atoms with E-state index < -0.39 is 6.04 Å². The van der Waals surface area contributed by atoms with Gasteiger partial charge in [0.05, 0.1) is 24.5 Å². The molecule has 0 spiro atoms. The van der Waals surface area contributed by atoms with Gasteiger partial charge in [-0.15, -0.1) is 0 Å². The summed E-state index contributed by atoms with van der Waals surface area (Å²) in [7, 11) is 0. The Morgan fingerprint density at radius 2 is 1.94 bits per heavy atom. The third-order valence-electron chi connectivity index (χ3n) is 5.02. The van der Waals surface area contributed by atoms with Crippen molar-refractivity contribution in [1.29, 1.82) is 0 Å². The SMILES string of the molecule is CSCC[C@H]1NC(=O)c2cc(NC(=O)c3ccc4c(c3)OCCCO4)ccc2NC1=O. The fraction of sp³-hybridized carbons (Fsp3) is 0.318. The average molecular weight is 442 g/mol. The van der Waals surface area contributed by atoms with Crippen LogP contribution in [0.25, 0.3) is 0 Å². The number of carbonyl (C=O) groups is 3. The van der Waals surface area contributed by atoms with Gasteiger partial charge in [0.15, 0.2) is 11.5 Å². The maximum atomic E-state index is 12.7. The van der Waals surface area contributed by atoms with Gasteiger partial charge in [0.1, 0.15) is 6.04 Å². The molecule has 0 aromatic heterocycles. The first-order valence-electron chi connectivity index (χ1n) is 10.0. The molecule has 2 aromatic carbocycles. The number of fused-ring (bicyclic) bond motifs is 2. The van der Waals surface area contributed by atoms with Crippen LogP contribution in [0.15, 0.2) is 36.4 Å². The Bertz CT molecular complexity index is 1030. The quantitative estimate of drug-likeness (QED) is 0.659. The van der Waals surface area contributed by atoms with Crippen LogP contribution in [0.4, 0.5) is 11.4 Å². The summed E-state index contributed by atoms with van der Waals surface area (Å²) in [6.45, 7) is 1.10. The molecule has 4 rings (SSSR count). The molecule has 8 nitrogen and oxygen atoms in total. The highest BCUT2D eigenvalue weighted by Gasteiger charge is 2.27. The van der Waals surface area contributed by atoms with Gasteiger partial charge in [-0.05, 0) is 54.8 Å². The van der Waals surface area contributed by atoms with E-state index in [9.17, 15) is 14.4 Å². The van der Waals surface area contributed by atoms with Crippen molar-refractivity contribution < 1.29 is 23.9 Å². The summed E-state index contributed by atoms with van der Waals surface area (Å²) in [4.78, 5) is 37.8. The lowest BCUT2D eigenvalue weighted by Crippen LogP contribution is -2.41. The second-order valence-corrected chi connectivity index (χ2v) is 8.21. The van der Waals surface area contributed by atoms with Gasteiger partial charge in [-0.3, -0.25) is 14.4 Å². The Hall–Kier alpha value is -3.20. The number of hydrogen-bond acceptors (Lipinski definition) is 6. The molecule has 2 aliphatic heterocycles. The van der Waals surface area contributed by atoms with Gasteiger partial charge in [0.2, 0.25) is 5.91 Å². The molecular formula is C22H23N3O5S. The van der Waals surface area contributed by atoms with Crippen LogP contribution >= 0.6 is 11.8 Å². The normalized spacial score (nSPS) is 17.5. The Morgan fingerprint density at radius 3 is 2.74 bits per heavy atom. The highest BCUT2D eigenvalue weighted by molar-refractivity contribution is 7.98. The molecule has 162 valence electrons. The molecule has 0 unspecified atom stereocenters. The number of benzene rings is 2. The summed E-state index contributed by atoms with van der Waals surface area (Å²) in [5.41, 5.74) is 1.58. The number of hydrogen-bond donors (Lipinski definition) is 3. The van der Waals surface area contributed by atoms with Crippen LogP contribution in [-0.2, 0) is 4.79 Å². The fourth-order valence-electron chi connectivity index (χ4n) is 3.39. The molecule has 3 amide bonds. The van der Waals surface area contributed by atoms with Crippen molar-refractivity contribution in [3.63, 3.8) is 0 Å². The minimum absolute atomic E-state index is 0.245. The average Bonchev–Trinajstić information content (AvgIpc) is 3.07. The number of anilines is 2. The lowest BCUT2D eigenvalue weighted by atomic mass is 10.1. The molecule has 3 N–H and O–H groups in total. The van der Waals surface area contributed by atoms with Crippen LogP contribution in [0, 0.1) is 0 Å². The van der Waals surface area contributed by atoms with Gasteiger partial charge in [-0.2, -0.15) is 11.8 Å². The molecule has 0 bridgehead atoms. The minimum Gasteiger partial charge on any atom is -0.490 e. The summed E-state index contributed by atoms with van der Waals surface area (Å²) < 4.78 is 11.2. The van der Waals surface area contributed by atoms with E-state index in [1.807, 2.05) is 6.26 Å². The second-order valence-electron chi connectivity index (χ2n) is 7.22. The molecule has 2 heterocycles. The Kier molecular flexibility index (Phi) is 6.31.